The molecule has 0 saturated carbocycles. The number of aromatic hydroxyl groups is 1. The van der Waals surface area contributed by atoms with E-state index in [1.807, 2.05) is 26.8 Å². The monoisotopic (exact) mass is 507 g/mol. The number of phenolic OH excluding ortho intramolecular Hbond substituents is 1. The minimum Gasteiger partial charge on any atom is -0.508 e. The Balaban J connectivity index is 1.74. The maximum Gasteiger partial charge on any atom is 0.313 e. The van der Waals surface area contributed by atoms with E-state index in [4.69, 9.17) is 21.1 Å². The fraction of sp³-hybridized carbons (Fsp3) is 0.286. The second-order valence-electron chi connectivity index (χ2n) is 10.0. The van der Waals surface area contributed by atoms with Crippen molar-refractivity contribution >= 4 is 29.2 Å². The molecule has 0 aliphatic carbocycles. The summed E-state index contributed by atoms with van der Waals surface area (Å²) in [6, 6.07) is 13.8. The number of carbonyl (C=O) groups excluding carboxylic acids is 1. The molecule has 8 heteroatoms. The molecule has 36 heavy (non-hydrogen) atoms. The summed E-state index contributed by atoms with van der Waals surface area (Å²) in [7, 11) is 0. The SMILES string of the molecule is CC(C)(C)c1ccc(N2C(=O)c3cc(O)ccc3C(C(=O)O)C2c2ccc3c(c2)OCCO3)cc1Cl. The number of carboxylic acid groups (broad SMARTS) is 1. The molecule has 0 spiro atoms. The zero-order valence-corrected chi connectivity index (χ0v) is 20.9. The summed E-state index contributed by atoms with van der Waals surface area (Å²) in [5.74, 6) is -1.71. The molecular weight excluding hydrogens is 482 g/mol. The summed E-state index contributed by atoms with van der Waals surface area (Å²) in [4.78, 5) is 28.1. The van der Waals surface area contributed by atoms with Crippen molar-refractivity contribution in [3.05, 3.63) is 81.9 Å². The van der Waals surface area contributed by atoms with Crippen LogP contribution in [0.5, 0.6) is 17.2 Å². The molecule has 3 aromatic carbocycles. The minimum absolute atomic E-state index is 0.120. The molecule has 2 N–H and O–H groups in total. The van der Waals surface area contributed by atoms with Gasteiger partial charge in [0.15, 0.2) is 11.5 Å². The van der Waals surface area contributed by atoms with Crippen LogP contribution in [0, 0.1) is 0 Å². The molecule has 0 aromatic heterocycles. The molecule has 2 unspecified atom stereocenters. The van der Waals surface area contributed by atoms with Gasteiger partial charge in [-0.15, -0.1) is 0 Å². The van der Waals surface area contributed by atoms with Crippen LogP contribution in [-0.2, 0) is 10.2 Å². The van der Waals surface area contributed by atoms with E-state index in [0.29, 0.717) is 46.5 Å². The molecule has 2 atom stereocenters. The largest absolute Gasteiger partial charge is 0.508 e. The van der Waals surface area contributed by atoms with Crippen molar-refractivity contribution in [2.24, 2.45) is 0 Å². The molecule has 7 nitrogen and oxygen atoms in total. The predicted molar refractivity (Wildman–Crippen MR) is 136 cm³/mol. The number of benzene rings is 3. The molecule has 2 aliphatic rings. The smallest absolute Gasteiger partial charge is 0.313 e. The number of hydrogen-bond acceptors (Lipinski definition) is 5. The summed E-state index contributed by atoms with van der Waals surface area (Å²) < 4.78 is 11.4. The Bertz CT molecular complexity index is 1380. The summed E-state index contributed by atoms with van der Waals surface area (Å²) in [6.45, 7) is 6.91. The number of aliphatic carboxylic acids is 1. The van der Waals surface area contributed by atoms with Crippen LogP contribution < -0.4 is 14.4 Å². The third kappa shape index (κ3) is 4.03. The zero-order chi connectivity index (χ0) is 25.8. The third-order valence-corrected chi connectivity index (χ3v) is 6.94. The van der Waals surface area contributed by atoms with Gasteiger partial charge >= 0.3 is 5.97 Å². The highest BCUT2D eigenvalue weighted by Gasteiger charge is 2.45. The number of phenols is 1. The normalized spacial score (nSPS) is 19.1. The van der Waals surface area contributed by atoms with E-state index in [0.717, 1.165) is 5.56 Å². The van der Waals surface area contributed by atoms with Gasteiger partial charge in [0, 0.05) is 16.3 Å². The number of carboxylic acids is 1. The lowest BCUT2D eigenvalue weighted by Crippen LogP contribution is -2.45. The van der Waals surface area contributed by atoms with Crippen LogP contribution in [0.1, 0.15) is 59.8 Å². The summed E-state index contributed by atoms with van der Waals surface area (Å²) >= 11 is 6.66. The standard InChI is InChI=1S/C28H26ClNO6/c1-28(2,3)20-8-5-16(13-21(20)29)30-25(15-4-9-22-23(12-15)36-11-10-35-22)24(27(33)34)18-7-6-17(31)14-19(18)26(30)32/h4-9,12-14,24-25,31H,10-11H2,1-3H3,(H,33,34). The van der Waals surface area contributed by atoms with Crippen LogP contribution in [0.4, 0.5) is 5.69 Å². The lowest BCUT2D eigenvalue weighted by molar-refractivity contribution is -0.139. The van der Waals surface area contributed by atoms with Crippen LogP contribution in [0.2, 0.25) is 5.02 Å². The Morgan fingerprint density at radius 2 is 1.72 bits per heavy atom. The average Bonchev–Trinajstić information content (AvgIpc) is 2.82. The number of ether oxygens (including phenoxy) is 2. The molecule has 0 fully saturated rings. The van der Waals surface area contributed by atoms with E-state index in [1.54, 1.807) is 30.3 Å². The van der Waals surface area contributed by atoms with E-state index in [2.05, 4.69) is 0 Å². The first-order valence-electron chi connectivity index (χ1n) is 11.6. The van der Waals surface area contributed by atoms with E-state index in [9.17, 15) is 19.8 Å². The highest BCUT2D eigenvalue weighted by molar-refractivity contribution is 6.32. The Morgan fingerprint density at radius 3 is 2.39 bits per heavy atom. The first-order chi connectivity index (χ1) is 17.1. The number of anilines is 1. The summed E-state index contributed by atoms with van der Waals surface area (Å²) in [6.07, 6.45) is 0. The van der Waals surface area contributed by atoms with Gasteiger partial charge in [-0.1, -0.05) is 50.6 Å². The predicted octanol–water partition coefficient (Wildman–Crippen LogP) is 5.68. The Morgan fingerprint density at radius 1 is 1.00 bits per heavy atom. The van der Waals surface area contributed by atoms with Gasteiger partial charge in [0.25, 0.3) is 5.91 Å². The average molecular weight is 508 g/mol. The van der Waals surface area contributed by atoms with Crippen molar-refractivity contribution in [1.29, 1.82) is 0 Å². The molecule has 2 heterocycles. The minimum atomic E-state index is -1.11. The highest BCUT2D eigenvalue weighted by atomic mass is 35.5. The molecule has 186 valence electrons. The fourth-order valence-corrected chi connectivity index (χ4v) is 5.43. The van der Waals surface area contributed by atoms with E-state index in [-0.39, 0.29) is 16.7 Å². The van der Waals surface area contributed by atoms with Gasteiger partial charge < -0.3 is 19.7 Å². The number of amides is 1. The molecule has 1 amide bonds. The Labute approximate surface area is 213 Å². The Kier molecular flexibility index (Phi) is 5.83. The van der Waals surface area contributed by atoms with Crippen LogP contribution in [0.3, 0.4) is 0 Å². The maximum atomic E-state index is 13.9. The van der Waals surface area contributed by atoms with Crippen LogP contribution in [0.15, 0.2) is 54.6 Å². The van der Waals surface area contributed by atoms with Gasteiger partial charge in [0.2, 0.25) is 0 Å². The second-order valence-corrected chi connectivity index (χ2v) is 10.4. The summed E-state index contributed by atoms with van der Waals surface area (Å²) in [5, 5.41) is 21.0. The molecule has 0 saturated heterocycles. The maximum absolute atomic E-state index is 13.9. The van der Waals surface area contributed by atoms with Crippen LogP contribution in [-0.4, -0.2) is 35.3 Å². The fourth-order valence-electron chi connectivity index (χ4n) is 4.97. The van der Waals surface area contributed by atoms with Crippen molar-refractivity contribution in [3.63, 3.8) is 0 Å². The van der Waals surface area contributed by atoms with Crippen molar-refractivity contribution in [1.82, 2.24) is 0 Å². The molecule has 0 radical (unpaired) electrons. The molecular formula is C28H26ClNO6. The van der Waals surface area contributed by atoms with Crippen LogP contribution in [0.25, 0.3) is 0 Å². The van der Waals surface area contributed by atoms with Crippen LogP contribution >= 0.6 is 11.6 Å². The lowest BCUT2D eigenvalue weighted by atomic mass is 9.79. The van der Waals surface area contributed by atoms with E-state index in [1.165, 1.54) is 23.1 Å². The summed E-state index contributed by atoms with van der Waals surface area (Å²) in [5.41, 5.74) is 2.18. The lowest BCUT2D eigenvalue weighted by Gasteiger charge is -2.41. The second kappa shape index (κ2) is 8.75. The number of hydrogen-bond donors (Lipinski definition) is 2. The van der Waals surface area contributed by atoms with Gasteiger partial charge in [-0.3, -0.25) is 14.5 Å². The zero-order valence-electron chi connectivity index (χ0n) is 20.1. The van der Waals surface area contributed by atoms with Gasteiger partial charge in [-0.25, -0.2) is 0 Å². The van der Waals surface area contributed by atoms with E-state index < -0.39 is 23.8 Å². The molecule has 0 bridgehead atoms. The Hall–Kier alpha value is -3.71. The topological polar surface area (TPSA) is 96.3 Å². The van der Waals surface area contributed by atoms with Crippen molar-refractivity contribution < 1.29 is 29.3 Å². The van der Waals surface area contributed by atoms with Crippen molar-refractivity contribution in [2.45, 2.75) is 38.1 Å². The first-order valence-corrected chi connectivity index (χ1v) is 12.0. The van der Waals surface area contributed by atoms with E-state index >= 15 is 0 Å². The van der Waals surface area contributed by atoms with Gasteiger partial charge in [0.05, 0.1) is 6.04 Å². The van der Waals surface area contributed by atoms with Gasteiger partial charge in [-0.05, 0) is 58.5 Å². The molecule has 5 rings (SSSR count). The molecule has 2 aliphatic heterocycles. The number of nitrogens with zero attached hydrogens (tertiary/aromatic N) is 1. The van der Waals surface area contributed by atoms with Gasteiger partial charge in [0.1, 0.15) is 24.9 Å². The number of halogens is 1. The number of rotatable bonds is 3. The quantitative estimate of drug-likeness (QED) is 0.473. The number of carbonyl (C=O) groups is 2. The number of fused-ring (bicyclic) bond motifs is 2. The van der Waals surface area contributed by atoms with Gasteiger partial charge in [-0.2, -0.15) is 0 Å². The third-order valence-electron chi connectivity index (χ3n) is 6.63. The van der Waals surface area contributed by atoms with Crippen molar-refractivity contribution in [3.8, 4) is 17.2 Å². The molecule has 3 aromatic rings. The van der Waals surface area contributed by atoms with Crippen molar-refractivity contribution in [2.75, 3.05) is 18.1 Å². The highest BCUT2D eigenvalue weighted by Crippen LogP contribution is 2.48. The first kappa shape index (κ1) is 24.0.